The quantitative estimate of drug-likeness (QED) is 0.701. The zero-order chi connectivity index (χ0) is 15.2. The Morgan fingerprint density at radius 2 is 1.27 bits per heavy atom. The molecule has 0 heterocycles. The standard InChI is InChI=1S/C21H27N/c1-18(21-14-8-9-15-21)22(16-19-10-4-2-5-11-19)17-20-12-6-3-7-13-20/h2-7,10-13,18,21H,8-9,14-17H2,1H3. The van der Waals surface area contributed by atoms with E-state index in [-0.39, 0.29) is 0 Å². The second kappa shape index (κ2) is 7.60. The van der Waals surface area contributed by atoms with Crippen LogP contribution >= 0.6 is 0 Å². The molecule has 0 N–H and O–H groups in total. The van der Waals surface area contributed by atoms with Gasteiger partial charge in [0, 0.05) is 19.1 Å². The van der Waals surface area contributed by atoms with Crippen molar-refractivity contribution in [2.75, 3.05) is 0 Å². The van der Waals surface area contributed by atoms with E-state index in [0.717, 1.165) is 19.0 Å². The second-order valence-corrected chi connectivity index (χ2v) is 6.66. The number of nitrogens with zero attached hydrogens (tertiary/aromatic N) is 1. The molecule has 1 nitrogen and oxygen atoms in total. The van der Waals surface area contributed by atoms with Crippen molar-refractivity contribution in [2.24, 2.45) is 5.92 Å². The second-order valence-electron chi connectivity index (χ2n) is 6.66. The topological polar surface area (TPSA) is 3.24 Å². The maximum absolute atomic E-state index is 2.67. The lowest BCUT2D eigenvalue weighted by molar-refractivity contribution is 0.139. The monoisotopic (exact) mass is 293 g/mol. The van der Waals surface area contributed by atoms with Crippen molar-refractivity contribution < 1.29 is 0 Å². The molecule has 0 amide bonds. The van der Waals surface area contributed by atoms with E-state index in [1.54, 1.807) is 0 Å². The van der Waals surface area contributed by atoms with Gasteiger partial charge >= 0.3 is 0 Å². The third-order valence-electron chi connectivity index (χ3n) is 5.11. The molecule has 0 aromatic heterocycles. The average molecular weight is 293 g/mol. The molecule has 1 unspecified atom stereocenters. The maximum atomic E-state index is 2.67. The van der Waals surface area contributed by atoms with Crippen molar-refractivity contribution in [3.05, 3.63) is 71.8 Å². The van der Waals surface area contributed by atoms with Crippen molar-refractivity contribution in [1.82, 2.24) is 4.90 Å². The molecule has 1 aliphatic rings. The Bertz CT molecular complexity index is 501. The third kappa shape index (κ3) is 3.98. The Morgan fingerprint density at radius 1 is 0.818 bits per heavy atom. The Balaban J connectivity index is 1.75. The van der Waals surface area contributed by atoms with Crippen molar-refractivity contribution in [3.8, 4) is 0 Å². The molecular weight excluding hydrogens is 266 g/mol. The van der Waals surface area contributed by atoms with Crippen LogP contribution in [0, 0.1) is 5.92 Å². The largest absolute Gasteiger partial charge is 0.292 e. The van der Waals surface area contributed by atoms with Crippen LogP contribution < -0.4 is 0 Å². The highest BCUT2D eigenvalue weighted by Crippen LogP contribution is 2.31. The molecule has 22 heavy (non-hydrogen) atoms. The van der Waals surface area contributed by atoms with Crippen LogP contribution in [0.3, 0.4) is 0 Å². The molecule has 0 saturated heterocycles. The molecular formula is C21H27N. The molecule has 1 aliphatic carbocycles. The van der Waals surface area contributed by atoms with Crippen LogP contribution in [-0.4, -0.2) is 10.9 Å². The van der Waals surface area contributed by atoms with Crippen molar-refractivity contribution in [3.63, 3.8) is 0 Å². The lowest BCUT2D eigenvalue weighted by Crippen LogP contribution is -2.36. The van der Waals surface area contributed by atoms with E-state index in [2.05, 4.69) is 72.5 Å². The Morgan fingerprint density at radius 3 is 1.73 bits per heavy atom. The number of hydrogen-bond donors (Lipinski definition) is 0. The van der Waals surface area contributed by atoms with E-state index in [1.807, 2.05) is 0 Å². The predicted molar refractivity (Wildman–Crippen MR) is 93.6 cm³/mol. The van der Waals surface area contributed by atoms with Gasteiger partial charge in [-0.3, -0.25) is 4.90 Å². The van der Waals surface area contributed by atoms with Gasteiger partial charge in [-0.1, -0.05) is 73.5 Å². The van der Waals surface area contributed by atoms with Gasteiger partial charge in [-0.15, -0.1) is 0 Å². The highest BCUT2D eigenvalue weighted by atomic mass is 15.2. The molecule has 1 atom stereocenters. The summed E-state index contributed by atoms with van der Waals surface area (Å²) in [5, 5.41) is 0. The van der Waals surface area contributed by atoms with Crippen LogP contribution in [0.25, 0.3) is 0 Å². The summed E-state index contributed by atoms with van der Waals surface area (Å²) in [6, 6.07) is 22.5. The summed E-state index contributed by atoms with van der Waals surface area (Å²) in [5.74, 6) is 0.868. The fraction of sp³-hybridized carbons (Fsp3) is 0.429. The molecule has 1 heteroatoms. The smallest absolute Gasteiger partial charge is 0.0240 e. The number of rotatable bonds is 6. The van der Waals surface area contributed by atoms with Crippen LogP contribution in [0.2, 0.25) is 0 Å². The van der Waals surface area contributed by atoms with Gasteiger partial charge in [0.2, 0.25) is 0 Å². The lowest BCUT2D eigenvalue weighted by atomic mass is 9.97. The lowest BCUT2D eigenvalue weighted by Gasteiger charge is -2.33. The van der Waals surface area contributed by atoms with E-state index in [4.69, 9.17) is 0 Å². The normalized spacial score (nSPS) is 17.0. The van der Waals surface area contributed by atoms with Gasteiger partial charge in [0.1, 0.15) is 0 Å². The third-order valence-corrected chi connectivity index (χ3v) is 5.11. The van der Waals surface area contributed by atoms with E-state index < -0.39 is 0 Å². The molecule has 3 rings (SSSR count). The van der Waals surface area contributed by atoms with Crippen LogP contribution in [-0.2, 0) is 13.1 Å². The Labute approximate surface area is 135 Å². The van der Waals surface area contributed by atoms with Gasteiger partial charge < -0.3 is 0 Å². The Kier molecular flexibility index (Phi) is 5.29. The van der Waals surface area contributed by atoms with Gasteiger partial charge in [-0.2, -0.15) is 0 Å². The molecule has 0 spiro atoms. The summed E-state index contributed by atoms with van der Waals surface area (Å²) in [6.07, 6.45) is 5.64. The van der Waals surface area contributed by atoms with Gasteiger partial charge in [0.05, 0.1) is 0 Å². The van der Waals surface area contributed by atoms with Crippen molar-refractivity contribution in [2.45, 2.75) is 51.7 Å². The first kappa shape index (κ1) is 15.3. The summed E-state index contributed by atoms with van der Waals surface area (Å²) >= 11 is 0. The maximum Gasteiger partial charge on any atom is 0.0240 e. The summed E-state index contributed by atoms with van der Waals surface area (Å²) < 4.78 is 0. The zero-order valence-corrected chi connectivity index (χ0v) is 13.6. The van der Waals surface area contributed by atoms with Crippen LogP contribution in [0.4, 0.5) is 0 Å². The van der Waals surface area contributed by atoms with Gasteiger partial charge in [-0.05, 0) is 36.8 Å². The average Bonchev–Trinajstić information content (AvgIpc) is 3.10. The van der Waals surface area contributed by atoms with Gasteiger partial charge in [0.15, 0.2) is 0 Å². The minimum atomic E-state index is 0.655. The fourth-order valence-electron chi connectivity index (χ4n) is 3.72. The highest BCUT2D eigenvalue weighted by molar-refractivity contribution is 5.17. The minimum absolute atomic E-state index is 0.655. The minimum Gasteiger partial charge on any atom is -0.292 e. The predicted octanol–water partition coefficient (Wildman–Crippen LogP) is 5.27. The molecule has 0 bridgehead atoms. The molecule has 116 valence electrons. The van der Waals surface area contributed by atoms with E-state index in [1.165, 1.54) is 36.8 Å². The van der Waals surface area contributed by atoms with Gasteiger partial charge in [0.25, 0.3) is 0 Å². The number of hydrogen-bond acceptors (Lipinski definition) is 1. The fourth-order valence-corrected chi connectivity index (χ4v) is 3.72. The molecule has 1 fully saturated rings. The van der Waals surface area contributed by atoms with Crippen LogP contribution in [0.1, 0.15) is 43.7 Å². The number of benzene rings is 2. The molecule has 1 saturated carbocycles. The van der Waals surface area contributed by atoms with Crippen LogP contribution in [0.5, 0.6) is 0 Å². The van der Waals surface area contributed by atoms with Crippen molar-refractivity contribution >= 4 is 0 Å². The first-order valence-electron chi connectivity index (χ1n) is 8.65. The summed E-state index contributed by atoms with van der Waals surface area (Å²) in [6.45, 7) is 4.53. The summed E-state index contributed by atoms with van der Waals surface area (Å²) in [5.41, 5.74) is 2.84. The van der Waals surface area contributed by atoms with E-state index in [0.29, 0.717) is 6.04 Å². The zero-order valence-electron chi connectivity index (χ0n) is 13.6. The molecule has 2 aromatic carbocycles. The first-order chi connectivity index (χ1) is 10.8. The summed E-state index contributed by atoms with van der Waals surface area (Å²) in [7, 11) is 0. The molecule has 2 aromatic rings. The van der Waals surface area contributed by atoms with Crippen molar-refractivity contribution in [1.29, 1.82) is 0 Å². The van der Waals surface area contributed by atoms with Gasteiger partial charge in [-0.25, -0.2) is 0 Å². The SMILES string of the molecule is CC(C1CCCC1)N(Cc1ccccc1)Cc1ccccc1. The summed E-state index contributed by atoms with van der Waals surface area (Å²) in [4.78, 5) is 2.67. The Hall–Kier alpha value is -1.60. The van der Waals surface area contributed by atoms with E-state index >= 15 is 0 Å². The van der Waals surface area contributed by atoms with Crippen LogP contribution in [0.15, 0.2) is 60.7 Å². The highest BCUT2D eigenvalue weighted by Gasteiger charge is 2.26. The van der Waals surface area contributed by atoms with E-state index in [9.17, 15) is 0 Å². The first-order valence-corrected chi connectivity index (χ1v) is 8.65. The molecule has 0 radical (unpaired) electrons. The molecule has 0 aliphatic heterocycles.